The van der Waals surface area contributed by atoms with Crippen molar-refractivity contribution in [2.24, 2.45) is 0 Å². The van der Waals surface area contributed by atoms with E-state index >= 15 is 0 Å². The predicted molar refractivity (Wildman–Crippen MR) is 106 cm³/mol. The van der Waals surface area contributed by atoms with Crippen molar-refractivity contribution in [2.75, 3.05) is 19.0 Å². The number of nitrogens with one attached hydrogen (secondary N) is 1. The van der Waals surface area contributed by atoms with Gasteiger partial charge in [0.25, 0.3) is 11.6 Å². The highest BCUT2D eigenvalue weighted by Crippen LogP contribution is 2.20. The van der Waals surface area contributed by atoms with Gasteiger partial charge in [0.15, 0.2) is 0 Å². The van der Waals surface area contributed by atoms with E-state index in [2.05, 4.69) is 5.32 Å². The van der Waals surface area contributed by atoms with Gasteiger partial charge in [-0.1, -0.05) is 12.1 Å². The second kappa shape index (κ2) is 9.45. The van der Waals surface area contributed by atoms with Gasteiger partial charge >= 0.3 is 5.97 Å². The van der Waals surface area contributed by atoms with Crippen LogP contribution in [0.15, 0.2) is 42.5 Å². The molecule has 0 radical (unpaired) electrons. The number of carbonyl (C=O) groups excluding carboxylic acids is 3. The molecule has 0 aliphatic heterocycles. The lowest BCUT2D eigenvalue weighted by Crippen LogP contribution is -2.23. The van der Waals surface area contributed by atoms with E-state index in [4.69, 9.17) is 4.74 Å². The minimum atomic E-state index is -0.750. The molecule has 152 valence electrons. The number of benzene rings is 2. The molecule has 9 nitrogen and oxygen atoms in total. The van der Waals surface area contributed by atoms with Crippen LogP contribution in [0, 0.1) is 10.1 Å². The zero-order valence-corrected chi connectivity index (χ0v) is 16.3. The molecule has 0 bridgehead atoms. The molecule has 0 saturated carbocycles. The maximum Gasteiger partial charge on any atom is 0.338 e. The van der Waals surface area contributed by atoms with Gasteiger partial charge in [0.2, 0.25) is 5.91 Å². The maximum atomic E-state index is 12.6. The summed E-state index contributed by atoms with van der Waals surface area (Å²) in [6.07, 6.45) is 0. The first-order chi connectivity index (χ1) is 13.7. The average Bonchev–Trinajstić information content (AvgIpc) is 2.67. The minimum absolute atomic E-state index is 0.0477. The number of anilines is 1. The van der Waals surface area contributed by atoms with Crippen LogP contribution in [0.25, 0.3) is 0 Å². The van der Waals surface area contributed by atoms with Crippen LogP contribution in [0.1, 0.15) is 40.1 Å². The van der Waals surface area contributed by atoms with Crippen LogP contribution in [0.4, 0.5) is 11.4 Å². The average molecular weight is 399 g/mol. The van der Waals surface area contributed by atoms with Gasteiger partial charge in [-0.15, -0.1) is 0 Å². The van der Waals surface area contributed by atoms with Crippen LogP contribution >= 0.6 is 0 Å². The zero-order valence-electron chi connectivity index (χ0n) is 16.3. The zero-order chi connectivity index (χ0) is 21.6. The van der Waals surface area contributed by atoms with E-state index in [1.165, 1.54) is 17.9 Å². The summed E-state index contributed by atoms with van der Waals surface area (Å²) in [5.41, 5.74) is 0.731. The molecule has 29 heavy (non-hydrogen) atoms. The number of rotatable bonds is 7. The number of nitro benzene ring substituents is 1. The largest absolute Gasteiger partial charge is 0.462 e. The van der Waals surface area contributed by atoms with E-state index in [9.17, 15) is 24.5 Å². The van der Waals surface area contributed by atoms with Crippen LogP contribution in [-0.2, 0) is 16.1 Å². The molecule has 0 unspecified atom stereocenters. The number of nitrogens with zero attached hydrogens (tertiary/aromatic N) is 2. The molecule has 0 aliphatic carbocycles. The van der Waals surface area contributed by atoms with Crippen molar-refractivity contribution < 1.29 is 24.0 Å². The topological polar surface area (TPSA) is 119 Å². The normalized spacial score (nSPS) is 10.2. The Labute approximate surface area is 167 Å². The molecular weight excluding hydrogens is 378 g/mol. The summed E-state index contributed by atoms with van der Waals surface area (Å²) in [7, 11) is 1.66. The molecule has 0 atom stereocenters. The monoisotopic (exact) mass is 399 g/mol. The van der Waals surface area contributed by atoms with Gasteiger partial charge < -0.3 is 15.0 Å². The van der Waals surface area contributed by atoms with Crippen LogP contribution in [0.3, 0.4) is 0 Å². The summed E-state index contributed by atoms with van der Waals surface area (Å²) < 4.78 is 4.86. The molecule has 0 spiro atoms. The molecule has 0 saturated heterocycles. The third-order valence-electron chi connectivity index (χ3n) is 4.04. The second-order valence-corrected chi connectivity index (χ2v) is 6.28. The van der Waals surface area contributed by atoms with E-state index in [0.29, 0.717) is 12.2 Å². The number of ether oxygens (including phenoxy) is 1. The summed E-state index contributed by atoms with van der Waals surface area (Å²) in [5, 5.41) is 13.8. The molecule has 1 N–H and O–H groups in total. The second-order valence-electron chi connectivity index (χ2n) is 6.28. The molecule has 0 aromatic heterocycles. The first-order valence-corrected chi connectivity index (χ1v) is 8.80. The molecule has 0 heterocycles. The van der Waals surface area contributed by atoms with Crippen molar-refractivity contribution in [2.45, 2.75) is 20.4 Å². The van der Waals surface area contributed by atoms with Gasteiger partial charge in [-0.2, -0.15) is 0 Å². The van der Waals surface area contributed by atoms with Crippen LogP contribution in [-0.4, -0.2) is 41.3 Å². The van der Waals surface area contributed by atoms with Gasteiger partial charge in [-0.25, -0.2) is 4.79 Å². The Kier molecular flexibility index (Phi) is 7.02. The van der Waals surface area contributed by atoms with E-state index in [1.807, 2.05) is 0 Å². The molecule has 0 fully saturated rings. The fraction of sp³-hybridized carbons (Fsp3) is 0.250. The van der Waals surface area contributed by atoms with Gasteiger partial charge in [0, 0.05) is 43.9 Å². The first-order valence-electron chi connectivity index (χ1n) is 8.80. The first kappa shape index (κ1) is 21.5. The lowest BCUT2D eigenvalue weighted by Gasteiger charge is -2.15. The summed E-state index contributed by atoms with van der Waals surface area (Å²) in [5.74, 6) is -1.46. The number of hydrogen-bond donors (Lipinski definition) is 1. The summed E-state index contributed by atoms with van der Waals surface area (Å²) in [6.45, 7) is 3.53. The third kappa shape index (κ3) is 5.86. The Bertz CT molecular complexity index is 957. The number of amides is 2. The standard InChI is InChI=1S/C20H21N3O6/c1-4-29-20(26)16-9-15(10-18(11-16)23(27)28)19(25)21-17-7-5-6-14(8-17)12-22(3)13(2)24/h5-11H,4,12H2,1-3H3,(H,21,25). The molecule has 2 amide bonds. The van der Waals surface area contributed by atoms with Gasteiger partial charge in [0.05, 0.1) is 17.1 Å². The Morgan fingerprint density at radius 3 is 2.45 bits per heavy atom. The molecule has 9 heteroatoms. The highest BCUT2D eigenvalue weighted by molar-refractivity contribution is 6.06. The number of hydrogen-bond acceptors (Lipinski definition) is 6. The van der Waals surface area contributed by atoms with Gasteiger partial charge in [-0.05, 0) is 30.7 Å². The SMILES string of the molecule is CCOC(=O)c1cc(C(=O)Nc2cccc(CN(C)C(C)=O)c2)cc([N+](=O)[O-])c1. The Morgan fingerprint density at radius 2 is 1.83 bits per heavy atom. The molecule has 2 aromatic rings. The lowest BCUT2D eigenvalue weighted by molar-refractivity contribution is -0.384. The fourth-order valence-electron chi connectivity index (χ4n) is 2.52. The van der Waals surface area contributed by atoms with E-state index in [1.54, 1.807) is 38.2 Å². The third-order valence-corrected chi connectivity index (χ3v) is 4.04. The van der Waals surface area contributed by atoms with E-state index in [0.717, 1.165) is 17.7 Å². The Balaban J connectivity index is 2.27. The number of carbonyl (C=O) groups is 3. The van der Waals surface area contributed by atoms with Crippen molar-refractivity contribution in [3.8, 4) is 0 Å². The number of nitro groups is 1. The van der Waals surface area contributed by atoms with Crippen molar-refractivity contribution in [1.82, 2.24) is 4.90 Å². The summed E-state index contributed by atoms with van der Waals surface area (Å²) in [4.78, 5) is 47.9. The fourth-order valence-corrected chi connectivity index (χ4v) is 2.52. The highest BCUT2D eigenvalue weighted by Gasteiger charge is 2.19. The van der Waals surface area contributed by atoms with Crippen molar-refractivity contribution in [3.63, 3.8) is 0 Å². The predicted octanol–water partition coefficient (Wildman–Crippen LogP) is 3.00. The van der Waals surface area contributed by atoms with Crippen molar-refractivity contribution >= 4 is 29.2 Å². The Morgan fingerprint density at radius 1 is 1.14 bits per heavy atom. The van der Waals surface area contributed by atoms with Crippen LogP contribution < -0.4 is 5.32 Å². The van der Waals surface area contributed by atoms with Crippen molar-refractivity contribution in [3.05, 3.63) is 69.3 Å². The van der Waals surface area contributed by atoms with Crippen molar-refractivity contribution in [1.29, 1.82) is 0 Å². The summed E-state index contributed by atoms with van der Waals surface area (Å²) in [6, 6.07) is 10.3. The van der Waals surface area contributed by atoms with Crippen LogP contribution in [0.2, 0.25) is 0 Å². The molecule has 0 aliphatic rings. The Hall–Kier alpha value is -3.75. The summed E-state index contributed by atoms with van der Waals surface area (Å²) >= 11 is 0. The van der Waals surface area contributed by atoms with Gasteiger partial charge in [-0.3, -0.25) is 19.7 Å². The number of esters is 1. The quantitative estimate of drug-likeness (QED) is 0.434. The molecular formula is C20H21N3O6. The lowest BCUT2D eigenvalue weighted by atomic mass is 10.1. The molecule has 2 rings (SSSR count). The number of non-ortho nitro benzene ring substituents is 1. The highest BCUT2D eigenvalue weighted by atomic mass is 16.6. The molecule has 2 aromatic carbocycles. The van der Waals surface area contributed by atoms with Crippen LogP contribution in [0.5, 0.6) is 0 Å². The van der Waals surface area contributed by atoms with E-state index in [-0.39, 0.29) is 23.6 Å². The smallest absolute Gasteiger partial charge is 0.338 e. The minimum Gasteiger partial charge on any atom is -0.462 e. The van der Waals surface area contributed by atoms with E-state index < -0.39 is 22.5 Å². The maximum absolute atomic E-state index is 12.6. The van der Waals surface area contributed by atoms with Gasteiger partial charge in [0.1, 0.15) is 0 Å².